The molecule has 0 heterocycles. The minimum atomic E-state index is -0.931. The maximum Gasteiger partial charge on any atom is 0.305 e. The molecule has 0 aliphatic rings. The van der Waals surface area contributed by atoms with E-state index in [1.165, 1.54) is 0 Å². The predicted octanol–water partition coefficient (Wildman–Crippen LogP) is 1.93. The summed E-state index contributed by atoms with van der Waals surface area (Å²) in [6, 6.07) is 5.06. The summed E-state index contributed by atoms with van der Waals surface area (Å²) in [5.74, 6) is -1.20. The van der Waals surface area contributed by atoms with Crippen molar-refractivity contribution in [2.75, 3.05) is 12.4 Å². The van der Waals surface area contributed by atoms with Gasteiger partial charge in [0.2, 0.25) is 0 Å². The molecule has 0 aliphatic heterocycles. The van der Waals surface area contributed by atoms with Crippen LogP contribution in [0.25, 0.3) is 0 Å². The molecule has 1 unspecified atom stereocenters. The van der Waals surface area contributed by atoms with Crippen molar-refractivity contribution < 1.29 is 14.7 Å². The number of benzene rings is 1. The van der Waals surface area contributed by atoms with Crippen molar-refractivity contribution in [2.45, 2.75) is 19.4 Å². The number of amides is 1. The molecule has 98 valence electrons. The van der Waals surface area contributed by atoms with Crippen LogP contribution in [0.5, 0.6) is 0 Å². The molecule has 1 rings (SSSR count). The number of anilines is 1. The van der Waals surface area contributed by atoms with Crippen LogP contribution >= 0.6 is 22.6 Å². The molecule has 0 spiro atoms. The van der Waals surface area contributed by atoms with Crippen LogP contribution < -0.4 is 10.6 Å². The zero-order valence-electron chi connectivity index (χ0n) is 10.2. The van der Waals surface area contributed by atoms with Crippen LogP contribution in [0.1, 0.15) is 23.7 Å². The number of rotatable bonds is 5. The lowest BCUT2D eigenvalue weighted by Crippen LogP contribution is -2.34. The van der Waals surface area contributed by atoms with Gasteiger partial charge in [-0.05, 0) is 47.7 Å². The fraction of sp³-hybridized carbons (Fsp3) is 0.333. The Balaban J connectivity index is 2.83. The highest BCUT2D eigenvalue weighted by Gasteiger charge is 2.15. The minimum Gasteiger partial charge on any atom is -0.481 e. The SMILES string of the molecule is CNc1ccc(I)cc1C(=O)NC(C)CC(=O)O. The quantitative estimate of drug-likeness (QED) is 0.700. The second-order valence-corrected chi connectivity index (χ2v) is 5.16. The highest BCUT2D eigenvalue weighted by atomic mass is 127. The normalized spacial score (nSPS) is 11.7. The molecule has 18 heavy (non-hydrogen) atoms. The first kappa shape index (κ1) is 14.7. The molecule has 0 aliphatic carbocycles. The Bertz CT molecular complexity index is 463. The van der Waals surface area contributed by atoms with Crippen molar-refractivity contribution in [1.82, 2.24) is 5.32 Å². The Morgan fingerprint density at radius 3 is 2.67 bits per heavy atom. The van der Waals surface area contributed by atoms with E-state index in [4.69, 9.17) is 5.11 Å². The Morgan fingerprint density at radius 2 is 2.11 bits per heavy atom. The number of aliphatic carboxylic acids is 1. The van der Waals surface area contributed by atoms with Crippen molar-refractivity contribution in [3.05, 3.63) is 27.3 Å². The number of nitrogens with one attached hydrogen (secondary N) is 2. The zero-order chi connectivity index (χ0) is 13.7. The van der Waals surface area contributed by atoms with Gasteiger partial charge >= 0.3 is 5.97 Å². The number of carboxylic acid groups (broad SMARTS) is 1. The molecule has 5 nitrogen and oxygen atoms in total. The topological polar surface area (TPSA) is 78.4 Å². The van der Waals surface area contributed by atoms with Gasteiger partial charge in [-0.25, -0.2) is 0 Å². The van der Waals surface area contributed by atoms with Gasteiger partial charge in [0.15, 0.2) is 0 Å². The van der Waals surface area contributed by atoms with Gasteiger partial charge in [-0.1, -0.05) is 0 Å². The second-order valence-electron chi connectivity index (χ2n) is 3.91. The van der Waals surface area contributed by atoms with E-state index in [9.17, 15) is 9.59 Å². The Kier molecular flexibility index (Phi) is 5.39. The van der Waals surface area contributed by atoms with Crippen molar-refractivity contribution in [3.8, 4) is 0 Å². The molecule has 0 aromatic heterocycles. The van der Waals surface area contributed by atoms with Gasteiger partial charge in [0, 0.05) is 22.3 Å². The van der Waals surface area contributed by atoms with Gasteiger partial charge in [0.25, 0.3) is 5.91 Å². The van der Waals surface area contributed by atoms with E-state index in [-0.39, 0.29) is 12.3 Å². The molecular formula is C12H15IN2O3. The van der Waals surface area contributed by atoms with E-state index in [1.807, 2.05) is 12.1 Å². The lowest BCUT2D eigenvalue weighted by molar-refractivity contribution is -0.137. The first-order chi connectivity index (χ1) is 8.43. The number of carbonyl (C=O) groups is 2. The molecular weight excluding hydrogens is 347 g/mol. The van der Waals surface area contributed by atoms with Crippen molar-refractivity contribution in [1.29, 1.82) is 0 Å². The lowest BCUT2D eigenvalue weighted by atomic mass is 10.1. The summed E-state index contributed by atoms with van der Waals surface area (Å²) >= 11 is 2.12. The van der Waals surface area contributed by atoms with Crippen molar-refractivity contribution >= 4 is 40.2 Å². The van der Waals surface area contributed by atoms with Crippen LogP contribution in [0.15, 0.2) is 18.2 Å². The Labute approximate surface area is 119 Å². The average molecular weight is 362 g/mol. The van der Waals surface area contributed by atoms with Crippen LogP contribution in [-0.4, -0.2) is 30.1 Å². The maximum absolute atomic E-state index is 12.0. The van der Waals surface area contributed by atoms with Crippen LogP contribution in [0.4, 0.5) is 5.69 Å². The van der Waals surface area contributed by atoms with Crippen LogP contribution in [0, 0.1) is 3.57 Å². The monoisotopic (exact) mass is 362 g/mol. The van der Waals surface area contributed by atoms with Gasteiger partial charge in [0.05, 0.1) is 12.0 Å². The average Bonchev–Trinajstić information content (AvgIpc) is 2.27. The maximum atomic E-state index is 12.0. The van der Waals surface area contributed by atoms with E-state index >= 15 is 0 Å². The molecule has 1 aromatic rings. The molecule has 0 saturated carbocycles. The molecule has 0 saturated heterocycles. The summed E-state index contributed by atoms with van der Waals surface area (Å²) < 4.78 is 0.947. The summed E-state index contributed by atoms with van der Waals surface area (Å²) in [5.41, 5.74) is 1.23. The molecule has 0 fully saturated rings. The fourth-order valence-electron chi connectivity index (χ4n) is 1.54. The number of hydrogen-bond acceptors (Lipinski definition) is 3. The van der Waals surface area contributed by atoms with Crippen molar-refractivity contribution in [2.24, 2.45) is 0 Å². The van der Waals surface area contributed by atoms with E-state index in [0.717, 1.165) is 9.26 Å². The van der Waals surface area contributed by atoms with Gasteiger partial charge < -0.3 is 15.7 Å². The van der Waals surface area contributed by atoms with Gasteiger partial charge in [-0.2, -0.15) is 0 Å². The molecule has 0 bridgehead atoms. The first-order valence-electron chi connectivity index (χ1n) is 5.44. The third-order valence-electron chi connectivity index (χ3n) is 2.35. The standard InChI is InChI=1S/C12H15IN2O3/c1-7(5-11(16)17)15-12(18)9-6-8(13)3-4-10(9)14-2/h3-4,6-7,14H,5H2,1-2H3,(H,15,18)(H,16,17). The largest absolute Gasteiger partial charge is 0.481 e. The van der Waals surface area contributed by atoms with E-state index < -0.39 is 12.0 Å². The summed E-state index contributed by atoms with van der Waals surface area (Å²) in [4.78, 5) is 22.6. The number of hydrogen-bond donors (Lipinski definition) is 3. The molecule has 1 atom stereocenters. The minimum absolute atomic E-state index is 0.0927. The molecule has 1 amide bonds. The summed E-state index contributed by atoms with van der Waals surface area (Å²) in [7, 11) is 1.74. The molecule has 1 aromatic carbocycles. The Morgan fingerprint density at radius 1 is 1.44 bits per heavy atom. The summed E-state index contributed by atoms with van der Waals surface area (Å²) in [5, 5.41) is 14.3. The van der Waals surface area contributed by atoms with Crippen LogP contribution in [-0.2, 0) is 4.79 Å². The second kappa shape index (κ2) is 6.58. The third kappa shape index (κ3) is 4.17. The molecule has 3 N–H and O–H groups in total. The summed E-state index contributed by atoms with van der Waals surface area (Å²) in [6.45, 7) is 1.67. The predicted molar refractivity (Wildman–Crippen MR) is 77.9 cm³/mol. The van der Waals surface area contributed by atoms with Gasteiger partial charge in [-0.3, -0.25) is 9.59 Å². The highest BCUT2D eigenvalue weighted by molar-refractivity contribution is 14.1. The third-order valence-corrected chi connectivity index (χ3v) is 3.02. The van der Waals surface area contributed by atoms with Crippen molar-refractivity contribution in [3.63, 3.8) is 0 Å². The summed E-state index contributed by atoms with van der Waals surface area (Å²) in [6.07, 6.45) is -0.0927. The van der Waals surface area contributed by atoms with E-state index in [0.29, 0.717) is 5.56 Å². The fourth-order valence-corrected chi connectivity index (χ4v) is 2.03. The van der Waals surface area contributed by atoms with Gasteiger partial charge in [0.1, 0.15) is 0 Å². The Hall–Kier alpha value is -1.31. The van der Waals surface area contributed by atoms with E-state index in [2.05, 4.69) is 33.2 Å². The van der Waals surface area contributed by atoms with Crippen LogP contribution in [0.3, 0.4) is 0 Å². The number of carbonyl (C=O) groups excluding carboxylic acids is 1. The van der Waals surface area contributed by atoms with E-state index in [1.54, 1.807) is 20.0 Å². The number of halogens is 1. The molecule has 0 radical (unpaired) electrons. The molecule has 6 heteroatoms. The lowest BCUT2D eigenvalue weighted by Gasteiger charge is -2.14. The first-order valence-corrected chi connectivity index (χ1v) is 6.52. The van der Waals surface area contributed by atoms with Crippen LogP contribution in [0.2, 0.25) is 0 Å². The smallest absolute Gasteiger partial charge is 0.305 e. The zero-order valence-corrected chi connectivity index (χ0v) is 12.3. The number of carboxylic acids is 1. The van der Waals surface area contributed by atoms with Gasteiger partial charge in [-0.15, -0.1) is 0 Å². The highest BCUT2D eigenvalue weighted by Crippen LogP contribution is 2.18.